The molecule has 0 saturated heterocycles. The first kappa shape index (κ1) is 12.1. The Kier molecular flexibility index (Phi) is 3.16. The number of hydrogen-bond acceptors (Lipinski definition) is 2. The standard InChI is InChI=1S/C17H17NO/c1-12-16(11-19)8-9-17(18-12)15-7-6-13-4-2-3-5-14(13)10-15/h6-11H,2-5H2,1H3. The van der Waals surface area contributed by atoms with Crippen LogP contribution < -0.4 is 0 Å². The minimum Gasteiger partial charge on any atom is -0.298 e. The van der Waals surface area contributed by atoms with Crippen molar-refractivity contribution in [2.45, 2.75) is 32.6 Å². The van der Waals surface area contributed by atoms with Crippen LogP contribution >= 0.6 is 0 Å². The zero-order chi connectivity index (χ0) is 13.2. The summed E-state index contributed by atoms with van der Waals surface area (Å²) in [5.41, 5.74) is 6.52. The molecular formula is C17H17NO. The molecule has 0 N–H and O–H groups in total. The molecule has 1 aromatic heterocycles. The molecule has 0 aliphatic heterocycles. The van der Waals surface area contributed by atoms with E-state index in [9.17, 15) is 4.79 Å². The third kappa shape index (κ3) is 2.30. The highest BCUT2D eigenvalue weighted by molar-refractivity contribution is 5.77. The van der Waals surface area contributed by atoms with Gasteiger partial charge in [-0.2, -0.15) is 0 Å². The number of aromatic nitrogens is 1. The summed E-state index contributed by atoms with van der Waals surface area (Å²) in [5, 5.41) is 0. The van der Waals surface area contributed by atoms with Crippen molar-refractivity contribution in [1.29, 1.82) is 0 Å². The zero-order valence-electron chi connectivity index (χ0n) is 11.1. The fourth-order valence-corrected chi connectivity index (χ4v) is 2.75. The molecule has 1 aliphatic carbocycles. The Morgan fingerprint density at radius 1 is 1.05 bits per heavy atom. The van der Waals surface area contributed by atoms with Gasteiger partial charge in [0, 0.05) is 16.8 Å². The van der Waals surface area contributed by atoms with Crippen molar-refractivity contribution in [3.63, 3.8) is 0 Å². The Morgan fingerprint density at radius 2 is 1.84 bits per heavy atom. The number of fused-ring (bicyclic) bond motifs is 1. The van der Waals surface area contributed by atoms with Gasteiger partial charge < -0.3 is 0 Å². The highest BCUT2D eigenvalue weighted by Crippen LogP contribution is 2.26. The molecule has 19 heavy (non-hydrogen) atoms. The smallest absolute Gasteiger partial charge is 0.151 e. The van der Waals surface area contributed by atoms with Gasteiger partial charge in [-0.05, 0) is 61.9 Å². The third-order valence-corrected chi connectivity index (χ3v) is 3.90. The number of aldehydes is 1. The summed E-state index contributed by atoms with van der Waals surface area (Å²) in [6.45, 7) is 1.88. The molecule has 2 aromatic rings. The van der Waals surface area contributed by atoms with Crippen LogP contribution in [-0.2, 0) is 12.8 Å². The van der Waals surface area contributed by atoms with E-state index in [0.29, 0.717) is 5.56 Å². The van der Waals surface area contributed by atoms with Crippen LogP contribution in [0.3, 0.4) is 0 Å². The van der Waals surface area contributed by atoms with Crippen LogP contribution in [0.2, 0.25) is 0 Å². The van der Waals surface area contributed by atoms with Crippen LogP contribution in [0.25, 0.3) is 11.3 Å². The molecule has 1 heterocycles. The molecule has 0 saturated carbocycles. The van der Waals surface area contributed by atoms with Gasteiger partial charge in [-0.25, -0.2) is 0 Å². The number of carbonyl (C=O) groups is 1. The molecule has 0 unspecified atom stereocenters. The molecule has 2 nitrogen and oxygen atoms in total. The summed E-state index contributed by atoms with van der Waals surface area (Å²) in [6.07, 6.45) is 5.82. The van der Waals surface area contributed by atoms with Crippen LogP contribution in [0.15, 0.2) is 30.3 Å². The van der Waals surface area contributed by atoms with Gasteiger partial charge in [-0.1, -0.05) is 12.1 Å². The second kappa shape index (κ2) is 4.96. The third-order valence-electron chi connectivity index (χ3n) is 3.90. The van der Waals surface area contributed by atoms with E-state index in [4.69, 9.17) is 0 Å². The van der Waals surface area contributed by atoms with Crippen molar-refractivity contribution in [3.8, 4) is 11.3 Å². The lowest BCUT2D eigenvalue weighted by Gasteiger charge is -2.16. The van der Waals surface area contributed by atoms with Gasteiger partial charge in [0.05, 0.1) is 5.69 Å². The highest BCUT2D eigenvalue weighted by Gasteiger charge is 2.11. The minimum atomic E-state index is 0.668. The average Bonchev–Trinajstić information content (AvgIpc) is 2.46. The molecule has 3 rings (SSSR count). The lowest BCUT2D eigenvalue weighted by molar-refractivity contribution is 0.112. The van der Waals surface area contributed by atoms with Crippen molar-refractivity contribution in [2.75, 3.05) is 0 Å². The van der Waals surface area contributed by atoms with Crippen molar-refractivity contribution < 1.29 is 4.79 Å². The number of carbonyl (C=O) groups excluding carboxylic acids is 1. The number of aryl methyl sites for hydroxylation is 3. The Balaban J connectivity index is 2.02. The van der Waals surface area contributed by atoms with E-state index in [1.54, 1.807) is 0 Å². The lowest BCUT2D eigenvalue weighted by atomic mass is 9.90. The Hall–Kier alpha value is -1.96. The van der Waals surface area contributed by atoms with Crippen LogP contribution in [0, 0.1) is 6.92 Å². The average molecular weight is 251 g/mol. The molecule has 2 heteroatoms. The number of benzene rings is 1. The lowest BCUT2D eigenvalue weighted by Crippen LogP contribution is -2.02. The van der Waals surface area contributed by atoms with Crippen molar-refractivity contribution in [1.82, 2.24) is 4.98 Å². The summed E-state index contributed by atoms with van der Waals surface area (Å²) >= 11 is 0. The Labute approximate surface area is 113 Å². The Bertz CT molecular complexity index is 631. The fourth-order valence-electron chi connectivity index (χ4n) is 2.75. The maximum Gasteiger partial charge on any atom is 0.151 e. The largest absolute Gasteiger partial charge is 0.298 e. The maximum absolute atomic E-state index is 10.8. The predicted octanol–water partition coefficient (Wildman–Crippen LogP) is 3.75. The number of rotatable bonds is 2. The summed E-state index contributed by atoms with van der Waals surface area (Å²) in [6, 6.07) is 10.4. The first-order valence-corrected chi connectivity index (χ1v) is 6.83. The summed E-state index contributed by atoms with van der Waals surface area (Å²) in [7, 11) is 0. The van der Waals surface area contributed by atoms with Gasteiger partial charge in [-0.15, -0.1) is 0 Å². The second-order valence-corrected chi connectivity index (χ2v) is 5.18. The summed E-state index contributed by atoms with van der Waals surface area (Å²) in [4.78, 5) is 15.4. The van der Waals surface area contributed by atoms with Gasteiger partial charge >= 0.3 is 0 Å². The molecule has 1 aromatic carbocycles. The normalized spacial score (nSPS) is 13.9. The quantitative estimate of drug-likeness (QED) is 0.761. The summed E-state index contributed by atoms with van der Waals surface area (Å²) in [5.74, 6) is 0. The monoisotopic (exact) mass is 251 g/mol. The molecule has 0 atom stereocenters. The molecule has 0 fully saturated rings. The van der Waals surface area contributed by atoms with E-state index >= 15 is 0 Å². The van der Waals surface area contributed by atoms with E-state index in [1.807, 2.05) is 19.1 Å². The van der Waals surface area contributed by atoms with E-state index in [0.717, 1.165) is 23.2 Å². The van der Waals surface area contributed by atoms with Gasteiger partial charge in [0.1, 0.15) is 0 Å². The first-order valence-electron chi connectivity index (χ1n) is 6.83. The van der Waals surface area contributed by atoms with Crippen LogP contribution in [0.5, 0.6) is 0 Å². The maximum atomic E-state index is 10.8. The molecular weight excluding hydrogens is 234 g/mol. The number of nitrogens with zero attached hydrogens (tertiary/aromatic N) is 1. The van der Waals surface area contributed by atoms with Crippen molar-refractivity contribution >= 4 is 6.29 Å². The van der Waals surface area contributed by atoms with Crippen molar-refractivity contribution in [2.24, 2.45) is 0 Å². The number of pyridine rings is 1. The van der Waals surface area contributed by atoms with Crippen LogP contribution in [0.4, 0.5) is 0 Å². The Morgan fingerprint density at radius 3 is 2.58 bits per heavy atom. The molecule has 1 aliphatic rings. The topological polar surface area (TPSA) is 30.0 Å². The molecule has 96 valence electrons. The molecule has 0 amide bonds. The van der Waals surface area contributed by atoms with Crippen molar-refractivity contribution in [3.05, 3.63) is 52.7 Å². The highest BCUT2D eigenvalue weighted by atomic mass is 16.1. The predicted molar refractivity (Wildman–Crippen MR) is 76.4 cm³/mol. The fraction of sp³-hybridized carbons (Fsp3) is 0.294. The van der Waals surface area contributed by atoms with Gasteiger partial charge in [-0.3, -0.25) is 9.78 Å². The van der Waals surface area contributed by atoms with E-state index < -0.39 is 0 Å². The number of hydrogen-bond donors (Lipinski definition) is 0. The zero-order valence-corrected chi connectivity index (χ0v) is 11.1. The van der Waals surface area contributed by atoms with Gasteiger partial charge in [0.25, 0.3) is 0 Å². The van der Waals surface area contributed by atoms with Gasteiger partial charge in [0.2, 0.25) is 0 Å². The molecule has 0 bridgehead atoms. The van der Waals surface area contributed by atoms with Gasteiger partial charge in [0.15, 0.2) is 6.29 Å². The van der Waals surface area contributed by atoms with Crippen LogP contribution in [0.1, 0.15) is 40.0 Å². The van der Waals surface area contributed by atoms with E-state index in [2.05, 4.69) is 23.2 Å². The molecule has 0 radical (unpaired) electrons. The van der Waals surface area contributed by atoms with E-state index in [1.165, 1.54) is 36.8 Å². The minimum absolute atomic E-state index is 0.668. The first-order chi connectivity index (χ1) is 9.28. The molecule has 0 spiro atoms. The second-order valence-electron chi connectivity index (χ2n) is 5.18. The SMILES string of the molecule is Cc1nc(-c2ccc3c(c2)CCCC3)ccc1C=O. The van der Waals surface area contributed by atoms with E-state index in [-0.39, 0.29) is 0 Å². The van der Waals surface area contributed by atoms with Crippen LogP contribution in [-0.4, -0.2) is 11.3 Å². The summed E-state index contributed by atoms with van der Waals surface area (Å²) < 4.78 is 0.